The molecule has 1 spiro atoms. The molecule has 17 heteroatoms. The molecule has 1 saturated heterocycles. The van der Waals surface area contributed by atoms with Crippen molar-refractivity contribution in [3.8, 4) is 0 Å². The molecule has 1 aliphatic carbocycles. The van der Waals surface area contributed by atoms with E-state index in [-0.39, 0.29) is 11.1 Å². The number of hydrogen-bond acceptors (Lipinski definition) is 16. The fourth-order valence-electron chi connectivity index (χ4n) is 7.81. The molecule has 0 radical (unpaired) electrons. The summed E-state index contributed by atoms with van der Waals surface area (Å²) < 4.78 is 51.8. The zero-order valence-corrected chi connectivity index (χ0v) is 35.0. The largest absolute Gasteiger partial charge is 0.471 e. The molecular formula is C42H59NO16. The van der Waals surface area contributed by atoms with Gasteiger partial charge in [0.05, 0.1) is 23.3 Å². The van der Waals surface area contributed by atoms with Crippen LogP contribution in [0.15, 0.2) is 35.6 Å². The van der Waals surface area contributed by atoms with Crippen molar-refractivity contribution in [2.45, 2.75) is 161 Å². The van der Waals surface area contributed by atoms with Gasteiger partial charge in [0.1, 0.15) is 18.8 Å². The molecule has 3 aliphatic heterocycles. The monoisotopic (exact) mass is 833 g/mol. The Morgan fingerprint density at radius 2 is 1.36 bits per heavy atom. The van der Waals surface area contributed by atoms with Gasteiger partial charge in [0.15, 0.2) is 23.9 Å². The SMILES string of the molecule is CCCCCCCCCCCCNC(=O)C1=CO[C@@H](O[C@@H]2O[C@H](COC(C)=O)[C@@H](OC(C)=O)[C@H](OC(C)=O)[C@H]2OC(C)=O)[C@H]2[C@@H]1C=C[C@@]21C=C([C@H](C)OC(C)=O)C(=O)O1. The minimum absolute atomic E-state index is 0.0399. The van der Waals surface area contributed by atoms with Gasteiger partial charge < -0.3 is 47.9 Å². The van der Waals surface area contributed by atoms with Gasteiger partial charge in [0.25, 0.3) is 5.91 Å². The van der Waals surface area contributed by atoms with Crippen LogP contribution in [-0.2, 0) is 76.2 Å². The second kappa shape index (κ2) is 22.0. The van der Waals surface area contributed by atoms with Crippen LogP contribution >= 0.6 is 0 Å². The van der Waals surface area contributed by atoms with Gasteiger partial charge in [-0.25, -0.2) is 4.79 Å². The number of nitrogens with one attached hydrogen (secondary N) is 1. The van der Waals surface area contributed by atoms with Gasteiger partial charge in [-0.1, -0.05) is 70.8 Å². The molecule has 59 heavy (non-hydrogen) atoms. The summed E-state index contributed by atoms with van der Waals surface area (Å²) in [7, 11) is 0. The van der Waals surface area contributed by atoms with E-state index in [9.17, 15) is 33.6 Å². The van der Waals surface area contributed by atoms with E-state index in [1.54, 1.807) is 12.2 Å². The highest BCUT2D eigenvalue weighted by Crippen LogP contribution is 2.51. The lowest BCUT2D eigenvalue weighted by molar-refractivity contribution is -0.347. The van der Waals surface area contributed by atoms with Crippen molar-refractivity contribution in [3.05, 3.63) is 35.6 Å². The number of carbonyl (C=O) groups is 7. The summed E-state index contributed by atoms with van der Waals surface area (Å²) in [6.07, 6.45) is 7.44. The quantitative estimate of drug-likeness (QED) is 0.0737. The topological polar surface area (TPSA) is 215 Å². The van der Waals surface area contributed by atoms with Crippen molar-refractivity contribution >= 4 is 41.7 Å². The van der Waals surface area contributed by atoms with E-state index in [0.717, 1.165) is 53.4 Å². The lowest BCUT2D eigenvalue weighted by Gasteiger charge is -2.46. The van der Waals surface area contributed by atoms with Gasteiger partial charge in [-0.15, -0.1) is 0 Å². The third-order valence-electron chi connectivity index (χ3n) is 10.4. The minimum atomic E-state index is -1.65. The molecule has 328 valence electrons. The molecule has 10 atom stereocenters. The first-order valence-corrected chi connectivity index (χ1v) is 20.5. The first-order valence-electron chi connectivity index (χ1n) is 20.5. The lowest BCUT2D eigenvalue weighted by Crippen LogP contribution is -2.64. The number of amides is 1. The second-order valence-corrected chi connectivity index (χ2v) is 15.2. The molecule has 3 heterocycles. The zero-order chi connectivity index (χ0) is 43.3. The van der Waals surface area contributed by atoms with Crippen LogP contribution in [0.25, 0.3) is 0 Å². The second-order valence-electron chi connectivity index (χ2n) is 15.2. The van der Waals surface area contributed by atoms with Crippen LogP contribution < -0.4 is 5.32 Å². The van der Waals surface area contributed by atoms with Crippen molar-refractivity contribution in [2.24, 2.45) is 11.8 Å². The predicted octanol–water partition coefficient (Wildman–Crippen LogP) is 4.34. The van der Waals surface area contributed by atoms with Crippen LogP contribution in [0.2, 0.25) is 0 Å². The molecule has 0 aromatic heterocycles. The van der Waals surface area contributed by atoms with Crippen LogP contribution in [-0.4, -0.2) is 104 Å². The van der Waals surface area contributed by atoms with Crippen molar-refractivity contribution in [1.29, 1.82) is 0 Å². The normalized spacial score (nSPS) is 28.6. The summed E-state index contributed by atoms with van der Waals surface area (Å²) in [6.45, 7) is 9.27. The molecule has 4 rings (SSSR count). The van der Waals surface area contributed by atoms with E-state index in [1.807, 2.05) is 0 Å². The Kier molecular flexibility index (Phi) is 17.5. The molecule has 17 nitrogen and oxygen atoms in total. The average molecular weight is 834 g/mol. The molecule has 4 aliphatic rings. The Balaban J connectivity index is 1.62. The fourth-order valence-corrected chi connectivity index (χ4v) is 7.81. The highest BCUT2D eigenvalue weighted by atomic mass is 16.8. The first kappa shape index (κ1) is 46.9. The zero-order valence-electron chi connectivity index (χ0n) is 35.0. The molecule has 0 saturated carbocycles. The highest BCUT2D eigenvalue weighted by molar-refractivity contribution is 5.96. The summed E-state index contributed by atoms with van der Waals surface area (Å²) in [5.41, 5.74) is -1.34. The summed E-state index contributed by atoms with van der Waals surface area (Å²) in [4.78, 5) is 87.9. The van der Waals surface area contributed by atoms with Crippen LogP contribution in [0.4, 0.5) is 0 Å². The number of hydrogen-bond donors (Lipinski definition) is 1. The van der Waals surface area contributed by atoms with E-state index in [1.165, 1.54) is 64.7 Å². The number of allylic oxidation sites excluding steroid dienone is 1. The van der Waals surface area contributed by atoms with E-state index < -0.39 is 109 Å². The van der Waals surface area contributed by atoms with Crippen molar-refractivity contribution in [2.75, 3.05) is 13.2 Å². The van der Waals surface area contributed by atoms with Gasteiger partial charge in [-0.05, 0) is 25.5 Å². The summed E-state index contributed by atoms with van der Waals surface area (Å²) in [6, 6.07) is 0. The van der Waals surface area contributed by atoms with E-state index in [0.29, 0.717) is 6.54 Å². The number of rotatable bonds is 21. The van der Waals surface area contributed by atoms with E-state index >= 15 is 0 Å². The summed E-state index contributed by atoms with van der Waals surface area (Å²) in [5, 5.41) is 2.97. The number of esters is 6. The van der Waals surface area contributed by atoms with Gasteiger partial charge >= 0.3 is 35.8 Å². The Labute approximate surface area is 344 Å². The molecule has 0 unspecified atom stereocenters. The summed E-state index contributed by atoms with van der Waals surface area (Å²) in [5.74, 6) is -6.80. The maximum Gasteiger partial charge on any atom is 0.338 e. The first-order chi connectivity index (χ1) is 28.1. The third kappa shape index (κ3) is 12.9. The van der Waals surface area contributed by atoms with E-state index in [4.69, 9.17) is 42.6 Å². The minimum Gasteiger partial charge on any atom is -0.471 e. The van der Waals surface area contributed by atoms with Gasteiger partial charge in [-0.3, -0.25) is 28.8 Å². The van der Waals surface area contributed by atoms with Gasteiger partial charge in [0, 0.05) is 47.1 Å². The molecule has 1 amide bonds. The smallest absolute Gasteiger partial charge is 0.338 e. The molecular weight excluding hydrogens is 774 g/mol. The third-order valence-corrected chi connectivity index (χ3v) is 10.4. The molecule has 1 fully saturated rings. The standard InChI is InChI=1S/C42H59NO16/c1-8-9-10-11-12-13-14-15-16-17-20-43-38(49)32-22-52-40(34-30(32)18-19-42(34)21-31(39(50)59-42)24(2)53-26(4)45)58-41-37(56-29(7)48)36(55-28(6)47)35(54-27(5)46)33(57-41)23-51-25(3)44/h18-19,21-22,24,30,33-37,40-41H,8-17,20,23H2,1-7H3,(H,43,49)/t24-,30+,33+,34+,35+,36-,37+,40-,41-,42+/m0/s1. The van der Waals surface area contributed by atoms with E-state index in [2.05, 4.69) is 12.2 Å². The van der Waals surface area contributed by atoms with Crippen LogP contribution in [0.3, 0.4) is 0 Å². The lowest BCUT2D eigenvalue weighted by atomic mass is 9.78. The maximum absolute atomic E-state index is 13.7. The van der Waals surface area contributed by atoms with Crippen molar-refractivity contribution in [1.82, 2.24) is 5.32 Å². The number of carbonyl (C=O) groups excluding carboxylic acids is 7. The highest BCUT2D eigenvalue weighted by Gasteiger charge is 2.61. The van der Waals surface area contributed by atoms with Crippen LogP contribution in [0.1, 0.15) is 113 Å². The van der Waals surface area contributed by atoms with Gasteiger partial charge in [-0.2, -0.15) is 0 Å². The Morgan fingerprint density at radius 1 is 0.763 bits per heavy atom. The number of fused-ring (bicyclic) bond motifs is 2. The van der Waals surface area contributed by atoms with Crippen LogP contribution in [0, 0.1) is 11.8 Å². The summed E-state index contributed by atoms with van der Waals surface area (Å²) >= 11 is 0. The Morgan fingerprint density at radius 3 is 1.95 bits per heavy atom. The van der Waals surface area contributed by atoms with Crippen LogP contribution in [0.5, 0.6) is 0 Å². The van der Waals surface area contributed by atoms with Crippen molar-refractivity contribution in [3.63, 3.8) is 0 Å². The van der Waals surface area contributed by atoms with Crippen molar-refractivity contribution < 1.29 is 76.2 Å². The number of ether oxygens (including phenoxy) is 9. The number of unbranched alkanes of at least 4 members (excludes halogenated alkanes) is 9. The molecule has 1 N–H and O–H groups in total. The molecule has 0 bridgehead atoms. The molecule has 0 aromatic rings. The average Bonchev–Trinajstić information content (AvgIpc) is 3.70. The van der Waals surface area contributed by atoms with Gasteiger partial charge in [0.2, 0.25) is 12.6 Å². The molecule has 0 aromatic carbocycles. The fraction of sp³-hybridized carbons (Fsp3) is 0.690. The Hall–Kier alpha value is -4.77. The maximum atomic E-state index is 13.7. The predicted molar refractivity (Wildman–Crippen MR) is 205 cm³/mol. The Bertz CT molecular complexity index is 1640.